The van der Waals surface area contributed by atoms with Crippen LogP contribution >= 0.6 is 0 Å². The molecule has 0 spiro atoms. The Kier molecular flexibility index (Phi) is 18.5. The number of Topliss-reactive ketones (excluding diaryl/α,β-unsaturated/α-hetero) is 4. The molecule has 0 aromatic rings. The molecular weight excluding hydrogens is 1010 g/mol. The van der Waals surface area contributed by atoms with Crippen LogP contribution in [0.3, 0.4) is 0 Å². The number of fused-ring (bicyclic) bond motifs is 10. The van der Waals surface area contributed by atoms with Crippen molar-refractivity contribution < 1.29 is 60.1 Å². The zero-order valence-corrected chi connectivity index (χ0v) is 48.7. The summed E-state index contributed by atoms with van der Waals surface area (Å²) in [4.78, 5) is 65.6. The highest BCUT2D eigenvalue weighted by Crippen LogP contribution is 2.71. The van der Waals surface area contributed by atoms with Crippen LogP contribution in [0.1, 0.15) is 208 Å². The van der Waals surface area contributed by atoms with Gasteiger partial charge >= 0.3 is 0 Å². The third kappa shape index (κ3) is 12.8. The van der Waals surface area contributed by atoms with Crippen molar-refractivity contribution in [2.24, 2.45) is 105 Å². The van der Waals surface area contributed by atoms with E-state index in [-0.39, 0.29) is 112 Å². The molecular formula is C60H97NO13S2. The minimum absolute atomic E-state index is 0.0426. The maximum absolute atomic E-state index is 13.5. The fraction of sp³-hybridized carbons (Fsp3) is 0.917. The molecule has 0 aliphatic heterocycles. The molecule has 8 saturated carbocycles. The van der Waals surface area contributed by atoms with Crippen molar-refractivity contribution in [3.63, 3.8) is 0 Å². The second kappa shape index (κ2) is 23.4. The number of carbonyl (C=O) groups excluding carboxylic acids is 5. The monoisotopic (exact) mass is 1100 g/mol. The van der Waals surface area contributed by atoms with Crippen molar-refractivity contribution >= 4 is 49.3 Å². The van der Waals surface area contributed by atoms with E-state index in [1.54, 1.807) is 0 Å². The smallest absolute Gasteiger partial charge is 0.266 e. The van der Waals surface area contributed by atoms with E-state index < -0.39 is 38.2 Å². The quantitative estimate of drug-likeness (QED) is 0.0473. The van der Waals surface area contributed by atoms with Gasteiger partial charge in [0.1, 0.15) is 23.1 Å². The maximum atomic E-state index is 13.5. The first-order valence-electron chi connectivity index (χ1n) is 30.1. The second-order valence-corrected chi connectivity index (χ2v) is 31.4. The van der Waals surface area contributed by atoms with Crippen LogP contribution in [-0.2, 0) is 44.2 Å². The van der Waals surface area contributed by atoms with Crippen molar-refractivity contribution in [2.45, 2.75) is 221 Å². The van der Waals surface area contributed by atoms with Gasteiger partial charge in [-0.25, -0.2) is 0 Å². The number of nitrogens with one attached hydrogen (secondary N) is 1. The molecule has 0 radical (unpaired) electrons. The highest BCUT2D eigenvalue weighted by molar-refractivity contribution is 7.86. The number of aliphatic hydroxyl groups excluding tert-OH is 2. The summed E-state index contributed by atoms with van der Waals surface area (Å²) in [5.74, 6) is 3.08. The molecule has 0 heterocycles. The predicted molar refractivity (Wildman–Crippen MR) is 291 cm³/mol. The van der Waals surface area contributed by atoms with Gasteiger partial charge in [-0.2, -0.15) is 16.8 Å². The third-order valence-electron chi connectivity index (χ3n) is 24.2. The Morgan fingerprint density at radius 2 is 0.934 bits per heavy atom. The first-order valence-corrected chi connectivity index (χ1v) is 33.4. The SMILES string of the molecule is C[C@@H](CCC(=O)NCCS(=O)(=O)O)[C@H]1CC[C@@H]2[C@H]3[C@H](O)CC4C[C@@H](CC(=O)CC(=O)CC(=O)C[C@@H]5CC[C@@]6(C)C(C5)C[C@H](O)[C@H]5[C@@H]7CC[C@H]([C@@H](C)CCC(=O)CCCS(=O)(=O)O)[C@@]7(C)CC[C@@H]56)CC[C@@]4(C)[C@@H]3CC[C@]21C. The Balaban J connectivity index is 0.761. The van der Waals surface area contributed by atoms with E-state index in [9.17, 15) is 51.0 Å². The van der Waals surface area contributed by atoms with Gasteiger partial charge < -0.3 is 15.5 Å². The highest BCUT2D eigenvalue weighted by Gasteiger charge is 2.65. The van der Waals surface area contributed by atoms with E-state index in [1.807, 2.05) is 0 Å². The molecule has 1 amide bonds. The lowest BCUT2D eigenvalue weighted by Crippen LogP contribution is -2.58. The van der Waals surface area contributed by atoms with E-state index in [0.717, 1.165) is 109 Å². The largest absolute Gasteiger partial charge is 0.393 e. The maximum Gasteiger partial charge on any atom is 0.266 e. The minimum Gasteiger partial charge on any atom is -0.393 e. The molecule has 8 aliphatic rings. The molecule has 76 heavy (non-hydrogen) atoms. The van der Waals surface area contributed by atoms with E-state index in [2.05, 4.69) is 46.9 Å². The minimum atomic E-state index is -4.13. The van der Waals surface area contributed by atoms with Crippen molar-refractivity contribution in [1.82, 2.24) is 5.32 Å². The summed E-state index contributed by atoms with van der Waals surface area (Å²) in [5.41, 5.74) is 0.321. The number of rotatable bonds is 23. The molecule has 0 bridgehead atoms. The average molecular weight is 1100 g/mol. The van der Waals surface area contributed by atoms with Gasteiger partial charge in [0.2, 0.25) is 5.91 Å². The number of hydrogen-bond acceptors (Lipinski definition) is 11. The third-order valence-corrected chi connectivity index (χ3v) is 25.7. The van der Waals surface area contributed by atoms with Gasteiger partial charge in [0.25, 0.3) is 20.2 Å². The van der Waals surface area contributed by atoms with Gasteiger partial charge in [0, 0.05) is 38.6 Å². The number of ketones is 4. The molecule has 2 unspecified atom stereocenters. The normalized spacial score (nSPS) is 41.7. The molecule has 8 aliphatic carbocycles. The Morgan fingerprint density at radius 1 is 0.513 bits per heavy atom. The van der Waals surface area contributed by atoms with Crippen LogP contribution in [0, 0.1) is 105 Å². The Hall–Kier alpha value is -2.11. The summed E-state index contributed by atoms with van der Waals surface area (Å²) in [6, 6.07) is 0. The lowest BCUT2D eigenvalue weighted by molar-refractivity contribution is -0.170. The molecule has 8 rings (SSSR count). The van der Waals surface area contributed by atoms with Crippen LogP contribution in [-0.4, -0.2) is 95.5 Å². The van der Waals surface area contributed by atoms with Crippen molar-refractivity contribution in [3.05, 3.63) is 0 Å². The number of carbonyl (C=O) groups is 5. The molecule has 20 atom stereocenters. The average Bonchev–Trinajstić information content (AvgIpc) is 3.91. The van der Waals surface area contributed by atoms with Crippen LogP contribution in [0.5, 0.6) is 0 Å². The van der Waals surface area contributed by atoms with Crippen molar-refractivity contribution in [2.75, 3.05) is 18.1 Å². The molecule has 8 fully saturated rings. The van der Waals surface area contributed by atoms with Crippen LogP contribution in [0.2, 0.25) is 0 Å². The summed E-state index contributed by atoms with van der Waals surface area (Å²) >= 11 is 0. The lowest BCUT2D eigenvalue weighted by atomic mass is 9.43. The zero-order chi connectivity index (χ0) is 55.3. The second-order valence-electron chi connectivity index (χ2n) is 28.3. The predicted octanol–water partition coefficient (Wildman–Crippen LogP) is 9.82. The van der Waals surface area contributed by atoms with Crippen molar-refractivity contribution in [3.8, 4) is 0 Å². The molecule has 5 N–H and O–H groups in total. The summed E-state index contributed by atoms with van der Waals surface area (Å²) in [6.45, 7) is 14.1. The lowest BCUT2D eigenvalue weighted by Gasteiger charge is -2.62. The molecule has 0 aromatic carbocycles. The van der Waals surface area contributed by atoms with E-state index in [4.69, 9.17) is 9.11 Å². The van der Waals surface area contributed by atoms with Crippen LogP contribution in [0.4, 0.5) is 0 Å². The summed E-state index contributed by atoms with van der Waals surface area (Å²) in [7, 11) is -8.20. The summed E-state index contributed by atoms with van der Waals surface area (Å²) in [6.07, 6.45) is 17.7. The first-order chi connectivity index (χ1) is 35.5. The van der Waals surface area contributed by atoms with Crippen LogP contribution < -0.4 is 5.32 Å². The number of aliphatic hydroxyl groups is 2. The number of hydrogen-bond donors (Lipinski definition) is 5. The van der Waals surface area contributed by atoms with Crippen LogP contribution in [0.15, 0.2) is 0 Å². The molecule has 14 nitrogen and oxygen atoms in total. The fourth-order valence-electron chi connectivity index (χ4n) is 20.4. The summed E-state index contributed by atoms with van der Waals surface area (Å²) in [5, 5.41) is 26.6. The first kappa shape index (κ1) is 60.0. The van der Waals surface area contributed by atoms with Gasteiger partial charge in [0.05, 0.1) is 36.6 Å². The topological polar surface area (TPSA) is 247 Å². The van der Waals surface area contributed by atoms with Gasteiger partial charge in [-0.15, -0.1) is 0 Å². The van der Waals surface area contributed by atoms with Crippen LogP contribution in [0.25, 0.3) is 0 Å². The molecule has 432 valence electrons. The van der Waals surface area contributed by atoms with Gasteiger partial charge in [-0.1, -0.05) is 41.5 Å². The Labute approximate surface area is 455 Å². The van der Waals surface area contributed by atoms with Gasteiger partial charge in [-0.05, 0) is 227 Å². The molecule has 0 aromatic heterocycles. The fourth-order valence-corrected chi connectivity index (χ4v) is 21.2. The van der Waals surface area contributed by atoms with Crippen molar-refractivity contribution in [1.29, 1.82) is 0 Å². The van der Waals surface area contributed by atoms with E-state index in [0.29, 0.717) is 91.3 Å². The number of amides is 1. The molecule has 0 saturated heterocycles. The Bertz CT molecular complexity index is 2220. The van der Waals surface area contributed by atoms with Gasteiger partial charge in [-0.3, -0.25) is 33.1 Å². The highest BCUT2D eigenvalue weighted by atomic mass is 32.2. The standard InChI is InChI=1S/C60H97NO13S2/c1-36(9-11-42(62)8-7-26-75(69,70)71)46-12-14-48-55-50(19-23-59(46,48)5)57(3)21-17-38(28-40(57)32-52(55)66)30-43(63)34-45(65)35-44(64)31-39-18-22-58(4)41(29-39)33-53(67)56-49-15-13-47(60(49,6)24-20-51(56)58)37(2)10-16-54(68)61-25-27-76(72,73)74/h36-41,46-53,55-56,66-67H,7-35H2,1-6H3,(H,61,68)(H,69,70,71)(H,72,73,74)/t36-,37-,38+,39-,40?,41?,46+,47+,48-,49+,50-,51+,52-,53+,55-,56+,57-,58+,59+,60-/m0/s1. The van der Waals surface area contributed by atoms with E-state index >= 15 is 0 Å². The molecule has 16 heteroatoms. The van der Waals surface area contributed by atoms with Gasteiger partial charge in [0.15, 0.2) is 0 Å². The zero-order valence-electron chi connectivity index (χ0n) is 47.0. The van der Waals surface area contributed by atoms with E-state index in [1.165, 1.54) is 0 Å². The Morgan fingerprint density at radius 3 is 1.38 bits per heavy atom. The summed E-state index contributed by atoms with van der Waals surface area (Å²) < 4.78 is 62.4.